The Morgan fingerprint density at radius 1 is 1.38 bits per heavy atom. The van der Waals surface area contributed by atoms with E-state index in [0.29, 0.717) is 11.4 Å². The molecule has 2 rings (SSSR count). The number of aromatic carboxylic acids is 1. The van der Waals surface area contributed by atoms with Crippen LogP contribution in [0.15, 0.2) is 30.9 Å². The molecule has 0 aliphatic heterocycles. The first kappa shape index (κ1) is 10.2. The molecular formula is C10H9N3O3. The monoisotopic (exact) mass is 219 g/mol. The minimum absolute atomic E-state index is 0.167. The summed E-state index contributed by atoms with van der Waals surface area (Å²) in [6.45, 7) is 0. The van der Waals surface area contributed by atoms with Crippen molar-refractivity contribution in [1.29, 1.82) is 0 Å². The van der Waals surface area contributed by atoms with Crippen molar-refractivity contribution < 1.29 is 14.6 Å². The number of rotatable bonds is 3. The molecule has 0 fully saturated rings. The van der Waals surface area contributed by atoms with Gasteiger partial charge in [-0.05, 0) is 12.1 Å². The molecule has 0 bridgehead atoms. The average molecular weight is 219 g/mol. The number of carboxylic acid groups (broad SMARTS) is 1. The van der Waals surface area contributed by atoms with Crippen LogP contribution in [0.5, 0.6) is 5.75 Å². The molecule has 1 heterocycles. The highest BCUT2D eigenvalue weighted by Gasteiger charge is 2.12. The van der Waals surface area contributed by atoms with E-state index in [9.17, 15) is 4.79 Å². The first-order valence-electron chi connectivity index (χ1n) is 4.48. The molecule has 0 spiro atoms. The number of hydrogen-bond donors (Lipinski definition) is 1. The molecule has 0 saturated carbocycles. The smallest absolute Gasteiger partial charge is 0.337 e. The summed E-state index contributed by atoms with van der Waals surface area (Å²) in [4.78, 5) is 11.0. The Kier molecular flexibility index (Phi) is 2.55. The molecule has 16 heavy (non-hydrogen) atoms. The largest absolute Gasteiger partial charge is 0.497 e. The molecule has 6 nitrogen and oxygen atoms in total. The number of ether oxygens (including phenoxy) is 1. The van der Waals surface area contributed by atoms with Crippen LogP contribution in [0.1, 0.15) is 10.4 Å². The summed E-state index contributed by atoms with van der Waals surface area (Å²) in [5, 5.41) is 16.3. The van der Waals surface area contributed by atoms with Gasteiger partial charge in [0.15, 0.2) is 0 Å². The highest BCUT2D eigenvalue weighted by atomic mass is 16.5. The standard InChI is InChI=1S/C10H9N3O3/c1-16-7-2-3-8(10(14)15)9(4-7)13-5-11-12-6-13/h2-6H,1H3,(H,14,15). The van der Waals surface area contributed by atoms with Crippen LogP contribution in [0.3, 0.4) is 0 Å². The summed E-state index contributed by atoms with van der Waals surface area (Å²) < 4.78 is 6.56. The quantitative estimate of drug-likeness (QED) is 0.832. The van der Waals surface area contributed by atoms with E-state index in [1.165, 1.54) is 30.4 Å². The summed E-state index contributed by atoms with van der Waals surface area (Å²) in [6.07, 6.45) is 2.86. The number of carbonyl (C=O) groups is 1. The number of carboxylic acids is 1. The highest BCUT2D eigenvalue weighted by Crippen LogP contribution is 2.20. The van der Waals surface area contributed by atoms with Crippen LogP contribution in [0.25, 0.3) is 5.69 Å². The van der Waals surface area contributed by atoms with Gasteiger partial charge in [-0.3, -0.25) is 4.57 Å². The van der Waals surface area contributed by atoms with Gasteiger partial charge in [0, 0.05) is 6.07 Å². The summed E-state index contributed by atoms with van der Waals surface area (Å²) in [5.74, 6) is -0.431. The molecule has 0 saturated heterocycles. The molecular weight excluding hydrogens is 210 g/mol. The van der Waals surface area contributed by atoms with Gasteiger partial charge in [0.05, 0.1) is 18.4 Å². The van der Waals surface area contributed by atoms with Crippen LogP contribution in [-0.4, -0.2) is 33.0 Å². The minimum Gasteiger partial charge on any atom is -0.497 e. The molecule has 0 unspecified atom stereocenters. The molecule has 0 aliphatic carbocycles. The molecule has 0 radical (unpaired) electrons. The fourth-order valence-electron chi connectivity index (χ4n) is 1.36. The molecule has 0 aliphatic rings. The third-order valence-electron chi connectivity index (χ3n) is 2.13. The van der Waals surface area contributed by atoms with Crippen LogP contribution in [-0.2, 0) is 0 Å². The van der Waals surface area contributed by atoms with Crippen molar-refractivity contribution in [2.24, 2.45) is 0 Å². The number of methoxy groups -OCH3 is 1. The van der Waals surface area contributed by atoms with E-state index in [1.54, 1.807) is 12.1 Å². The molecule has 1 aromatic carbocycles. The molecule has 82 valence electrons. The van der Waals surface area contributed by atoms with Crippen molar-refractivity contribution in [2.75, 3.05) is 7.11 Å². The van der Waals surface area contributed by atoms with E-state index < -0.39 is 5.97 Å². The number of nitrogens with zero attached hydrogens (tertiary/aromatic N) is 3. The van der Waals surface area contributed by atoms with E-state index in [2.05, 4.69) is 10.2 Å². The van der Waals surface area contributed by atoms with Crippen molar-refractivity contribution in [1.82, 2.24) is 14.8 Å². The second kappa shape index (κ2) is 4.01. The molecule has 2 aromatic rings. The first-order chi connectivity index (χ1) is 7.72. The topological polar surface area (TPSA) is 77.2 Å². The highest BCUT2D eigenvalue weighted by molar-refractivity contribution is 5.92. The Bertz CT molecular complexity index is 508. The maximum Gasteiger partial charge on any atom is 0.337 e. The minimum atomic E-state index is -1.01. The van der Waals surface area contributed by atoms with Gasteiger partial charge in [-0.25, -0.2) is 4.79 Å². The second-order valence-electron chi connectivity index (χ2n) is 3.06. The lowest BCUT2D eigenvalue weighted by atomic mass is 10.1. The fraction of sp³-hybridized carbons (Fsp3) is 0.100. The van der Waals surface area contributed by atoms with E-state index in [1.807, 2.05) is 0 Å². The normalized spacial score (nSPS) is 10.1. The summed E-state index contributed by atoms with van der Waals surface area (Å²) in [6, 6.07) is 4.70. The van der Waals surface area contributed by atoms with E-state index in [4.69, 9.17) is 9.84 Å². The second-order valence-corrected chi connectivity index (χ2v) is 3.06. The Labute approximate surface area is 91.1 Å². The van der Waals surface area contributed by atoms with Crippen LogP contribution in [0, 0.1) is 0 Å². The number of hydrogen-bond acceptors (Lipinski definition) is 4. The van der Waals surface area contributed by atoms with Gasteiger partial charge in [-0.1, -0.05) is 0 Å². The lowest BCUT2D eigenvalue weighted by Gasteiger charge is -2.08. The van der Waals surface area contributed by atoms with Crippen molar-refractivity contribution in [3.63, 3.8) is 0 Å². The van der Waals surface area contributed by atoms with Gasteiger partial charge < -0.3 is 9.84 Å². The van der Waals surface area contributed by atoms with Crippen molar-refractivity contribution >= 4 is 5.97 Å². The van der Waals surface area contributed by atoms with Gasteiger partial charge in [0.1, 0.15) is 18.4 Å². The van der Waals surface area contributed by atoms with E-state index in [0.717, 1.165) is 0 Å². The van der Waals surface area contributed by atoms with Crippen LogP contribution >= 0.6 is 0 Å². The maximum atomic E-state index is 11.0. The Balaban J connectivity index is 2.59. The zero-order valence-electron chi connectivity index (χ0n) is 8.49. The number of aromatic nitrogens is 3. The Morgan fingerprint density at radius 3 is 2.62 bits per heavy atom. The molecule has 1 N–H and O–H groups in total. The number of benzene rings is 1. The van der Waals surface area contributed by atoms with Crippen molar-refractivity contribution in [2.45, 2.75) is 0 Å². The predicted octanol–water partition coefficient (Wildman–Crippen LogP) is 0.974. The van der Waals surface area contributed by atoms with Crippen LogP contribution in [0.2, 0.25) is 0 Å². The first-order valence-corrected chi connectivity index (χ1v) is 4.48. The van der Waals surface area contributed by atoms with Crippen molar-refractivity contribution in [3.8, 4) is 11.4 Å². The van der Waals surface area contributed by atoms with Gasteiger partial charge in [0.2, 0.25) is 0 Å². The summed E-state index contributed by atoms with van der Waals surface area (Å²) >= 11 is 0. The van der Waals surface area contributed by atoms with E-state index in [-0.39, 0.29) is 5.56 Å². The SMILES string of the molecule is COc1ccc(C(=O)O)c(-n2cnnc2)c1. The van der Waals surface area contributed by atoms with E-state index >= 15 is 0 Å². The third kappa shape index (κ3) is 1.72. The zero-order chi connectivity index (χ0) is 11.5. The van der Waals surface area contributed by atoms with Gasteiger partial charge in [-0.15, -0.1) is 10.2 Å². The van der Waals surface area contributed by atoms with Crippen molar-refractivity contribution in [3.05, 3.63) is 36.4 Å². The maximum absolute atomic E-state index is 11.0. The van der Waals surface area contributed by atoms with Crippen LogP contribution in [0.4, 0.5) is 0 Å². The van der Waals surface area contributed by atoms with Crippen LogP contribution < -0.4 is 4.74 Å². The third-order valence-corrected chi connectivity index (χ3v) is 2.13. The average Bonchev–Trinajstić information content (AvgIpc) is 2.81. The molecule has 0 atom stereocenters. The van der Waals surface area contributed by atoms with Gasteiger partial charge >= 0.3 is 5.97 Å². The lowest BCUT2D eigenvalue weighted by molar-refractivity contribution is 0.0697. The fourth-order valence-corrected chi connectivity index (χ4v) is 1.36. The Hall–Kier alpha value is -2.37. The lowest BCUT2D eigenvalue weighted by Crippen LogP contribution is -2.04. The molecule has 1 aromatic heterocycles. The summed E-state index contributed by atoms with van der Waals surface area (Å²) in [5.41, 5.74) is 0.637. The molecule has 0 amide bonds. The molecule has 6 heteroatoms. The Morgan fingerprint density at radius 2 is 2.06 bits per heavy atom. The zero-order valence-corrected chi connectivity index (χ0v) is 8.49. The predicted molar refractivity (Wildman–Crippen MR) is 54.9 cm³/mol. The van der Waals surface area contributed by atoms with Gasteiger partial charge in [0.25, 0.3) is 0 Å². The summed E-state index contributed by atoms with van der Waals surface area (Å²) in [7, 11) is 1.52. The van der Waals surface area contributed by atoms with Gasteiger partial charge in [-0.2, -0.15) is 0 Å².